The maximum Gasteiger partial charge on any atom is 0.325 e. The third-order valence-corrected chi connectivity index (χ3v) is 3.18. The lowest BCUT2D eigenvalue weighted by molar-refractivity contribution is -0.144. The molecule has 1 aromatic carbocycles. The van der Waals surface area contributed by atoms with Gasteiger partial charge in [0.25, 0.3) is 0 Å². The van der Waals surface area contributed by atoms with Crippen LogP contribution in [0.4, 0.5) is 4.39 Å². The van der Waals surface area contributed by atoms with Crippen molar-refractivity contribution in [1.82, 2.24) is 4.90 Å². The summed E-state index contributed by atoms with van der Waals surface area (Å²) in [5.41, 5.74) is 0.654. The Morgan fingerprint density at radius 2 is 1.76 bits per heavy atom. The second-order valence-electron chi connectivity index (χ2n) is 4.39. The summed E-state index contributed by atoms with van der Waals surface area (Å²) in [6, 6.07) is 5.10. The van der Waals surface area contributed by atoms with Crippen molar-refractivity contribution in [2.24, 2.45) is 0 Å². The molecule has 1 atom stereocenters. The van der Waals surface area contributed by atoms with E-state index in [2.05, 4.69) is 0 Å². The third kappa shape index (κ3) is 2.82. The van der Waals surface area contributed by atoms with Gasteiger partial charge in [0, 0.05) is 0 Å². The van der Waals surface area contributed by atoms with Crippen molar-refractivity contribution in [2.75, 3.05) is 13.1 Å². The normalized spacial score (nSPS) is 18.9. The van der Waals surface area contributed by atoms with Gasteiger partial charge >= 0.3 is 5.97 Å². The molecular formula is C13H16FNO2. The van der Waals surface area contributed by atoms with Crippen LogP contribution in [0.25, 0.3) is 0 Å². The average Bonchev–Trinajstić information content (AvgIpc) is 2.33. The molecule has 1 aromatic rings. The van der Waals surface area contributed by atoms with E-state index in [9.17, 15) is 14.3 Å². The highest BCUT2D eigenvalue weighted by atomic mass is 19.1. The van der Waals surface area contributed by atoms with Crippen molar-refractivity contribution >= 4 is 5.97 Å². The molecule has 1 N–H and O–H groups in total. The van der Waals surface area contributed by atoms with Crippen LogP contribution in [0.2, 0.25) is 0 Å². The zero-order chi connectivity index (χ0) is 12.3. The Morgan fingerprint density at radius 3 is 2.29 bits per heavy atom. The fraction of sp³-hybridized carbons (Fsp3) is 0.462. The molecule has 0 spiro atoms. The van der Waals surface area contributed by atoms with Crippen molar-refractivity contribution in [3.05, 3.63) is 35.6 Å². The van der Waals surface area contributed by atoms with E-state index in [0.29, 0.717) is 5.56 Å². The van der Waals surface area contributed by atoms with Crippen LogP contribution in [0.1, 0.15) is 30.9 Å². The van der Waals surface area contributed by atoms with E-state index in [1.807, 2.05) is 4.90 Å². The number of hydrogen-bond donors (Lipinski definition) is 1. The molecule has 4 heteroatoms. The number of carbonyl (C=O) groups is 1. The van der Waals surface area contributed by atoms with Gasteiger partial charge in [-0.1, -0.05) is 18.6 Å². The minimum Gasteiger partial charge on any atom is -0.480 e. The maximum absolute atomic E-state index is 12.8. The van der Waals surface area contributed by atoms with Gasteiger partial charge in [-0.25, -0.2) is 4.39 Å². The number of nitrogens with zero attached hydrogens (tertiary/aromatic N) is 1. The lowest BCUT2D eigenvalue weighted by atomic mass is 10.0. The molecule has 1 aliphatic rings. The standard InChI is InChI=1S/C13H16FNO2/c14-11-6-4-10(5-7-11)12(13(16)17)15-8-2-1-3-9-15/h4-7,12H,1-3,8-9H2,(H,16,17)/t12-/m0/s1. The number of likely N-dealkylation sites (tertiary alicyclic amines) is 1. The number of halogens is 1. The van der Waals surface area contributed by atoms with Crippen LogP contribution in [0.5, 0.6) is 0 Å². The summed E-state index contributed by atoms with van der Waals surface area (Å²) in [7, 11) is 0. The lowest BCUT2D eigenvalue weighted by Crippen LogP contribution is -2.37. The van der Waals surface area contributed by atoms with Gasteiger partial charge in [-0.05, 0) is 43.6 Å². The minimum atomic E-state index is -0.862. The number of hydrogen-bond acceptors (Lipinski definition) is 2. The molecule has 1 saturated heterocycles. The molecule has 0 aromatic heterocycles. The van der Waals surface area contributed by atoms with E-state index < -0.39 is 12.0 Å². The van der Waals surface area contributed by atoms with E-state index >= 15 is 0 Å². The van der Waals surface area contributed by atoms with Gasteiger partial charge in [0.15, 0.2) is 0 Å². The molecular weight excluding hydrogens is 221 g/mol. The number of carboxylic acids is 1. The SMILES string of the molecule is O=C(O)[C@H](c1ccc(F)cc1)N1CCCCC1. The predicted octanol–water partition coefficient (Wildman–Crippen LogP) is 2.44. The van der Waals surface area contributed by atoms with E-state index in [4.69, 9.17) is 0 Å². The molecule has 1 aliphatic heterocycles. The van der Waals surface area contributed by atoms with Crippen molar-refractivity contribution in [1.29, 1.82) is 0 Å². The van der Waals surface area contributed by atoms with Crippen LogP contribution in [0.3, 0.4) is 0 Å². The Labute approximate surface area is 99.9 Å². The molecule has 1 heterocycles. The van der Waals surface area contributed by atoms with Crippen LogP contribution in [0.15, 0.2) is 24.3 Å². The van der Waals surface area contributed by atoms with Crippen molar-refractivity contribution in [2.45, 2.75) is 25.3 Å². The van der Waals surface area contributed by atoms with Gasteiger partial charge in [-0.2, -0.15) is 0 Å². The molecule has 92 valence electrons. The van der Waals surface area contributed by atoms with E-state index in [-0.39, 0.29) is 5.82 Å². The number of piperidine rings is 1. The first-order valence-corrected chi connectivity index (χ1v) is 5.91. The number of carboxylic acid groups (broad SMARTS) is 1. The summed E-state index contributed by atoms with van der Waals surface area (Å²) in [4.78, 5) is 13.3. The monoisotopic (exact) mass is 237 g/mol. The Morgan fingerprint density at radius 1 is 1.18 bits per heavy atom. The molecule has 0 amide bonds. The van der Waals surface area contributed by atoms with E-state index in [0.717, 1.165) is 32.4 Å². The average molecular weight is 237 g/mol. The van der Waals surface area contributed by atoms with Crippen LogP contribution in [-0.4, -0.2) is 29.1 Å². The highest BCUT2D eigenvalue weighted by molar-refractivity contribution is 5.75. The topological polar surface area (TPSA) is 40.5 Å². The van der Waals surface area contributed by atoms with Gasteiger partial charge in [0.1, 0.15) is 11.9 Å². The van der Waals surface area contributed by atoms with Gasteiger partial charge in [0.05, 0.1) is 0 Å². The highest BCUT2D eigenvalue weighted by Gasteiger charge is 2.28. The quantitative estimate of drug-likeness (QED) is 0.877. The van der Waals surface area contributed by atoms with Crippen molar-refractivity contribution in [3.63, 3.8) is 0 Å². The minimum absolute atomic E-state index is 0.337. The van der Waals surface area contributed by atoms with Gasteiger partial charge < -0.3 is 5.11 Å². The molecule has 0 unspecified atom stereocenters. The van der Waals surface area contributed by atoms with Gasteiger partial charge in [-0.15, -0.1) is 0 Å². The third-order valence-electron chi connectivity index (χ3n) is 3.18. The predicted molar refractivity (Wildman–Crippen MR) is 62.2 cm³/mol. The Balaban J connectivity index is 2.21. The number of benzene rings is 1. The largest absolute Gasteiger partial charge is 0.480 e. The molecule has 1 fully saturated rings. The van der Waals surface area contributed by atoms with Crippen molar-refractivity contribution in [3.8, 4) is 0 Å². The van der Waals surface area contributed by atoms with Crippen molar-refractivity contribution < 1.29 is 14.3 Å². The fourth-order valence-corrected chi connectivity index (χ4v) is 2.33. The molecule has 0 aliphatic carbocycles. The van der Waals surface area contributed by atoms with Crippen LogP contribution in [0, 0.1) is 5.82 Å². The fourth-order valence-electron chi connectivity index (χ4n) is 2.33. The number of rotatable bonds is 3. The van der Waals surface area contributed by atoms with Crippen LogP contribution < -0.4 is 0 Å². The second kappa shape index (κ2) is 5.27. The highest BCUT2D eigenvalue weighted by Crippen LogP contribution is 2.25. The molecule has 0 saturated carbocycles. The summed E-state index contributed by atoms with van der Waals surface area (Å²) in [5, 5.41) is 9.31. The molecule has 3 nitrogen and oxygen atoms in total. The molecule has 17 heavy (non-hydrogen) atoms. The molecule has 0 bridgehead atoms. The second-order valence-corrected chi connectivity index (χ2v) is 4.39. The Kier molecular flexibility index (Phi) is 3.74. The summed E-state index contributed by atoms with van der Waals surface area (Å²) in [6.07, 6.45) is 3.22. The maximum atomic E-state index is 12.8. The van der Waals surface area contributed by atoms with Gasteiger partial charge in [-0.3, -0.25) is 9.69 Å². The zero-order valence-electron chi connectivity index (χ0n) is 9.60. The first-order valence-electron chi connectivity index (χ1n) is 5.91. The Bertz CT molecular complexity index is 385. The summed E-state index contributed by atoms with van der Waals surface area (Å²) in [6.45, 7) is 1.60. The first kappa shape index (κ1) is 12.0. The zero-order valence-corrected chi connectivity index (χ0v) is 9.60. The van der Waals surface area contributed by atoms with Gasteiger partial charge in [0.2, 0.25) is 0 Å². The van der Waals surface area contributed by atoms with Crippen LogP contribution in [-0.2, 0) is 4.79 Å². The number of aliphatic carboxylic acids is 1. The Hall–Kier alpha value is -1.42. The summed E-state index contributed by atoms with van der Waals surface area (Å²) in [5.74, 6) is -1.20. The van der Waals surface area contributed by atoms with E-state index in [1.54, 1.807) is 12.1 Å². The van der Waals surface area contributed by atoms with E-state index in [1.165, 1.54) is 12.1 Å². The molecule has 2 rings (SSSR count). The summed E-state index contributed by atoms with van der Waals surface area (Å²) >= 11 is 0. The van der Waals surface area contributed by atoms with Crippen LogP contribution >= 0.6 is 0 Å². The molecule has 0 radical (unpaired) electrons. The smallest absolute Gasteiger partial charge is 0.325 e. The lowest BCUT2D eigenvalue weighted by Gasteiger charge is -2.32. The first-order chi connectivity index (χ1) is 8.18. The summed E-state index contributed by atoms with van der Waals surface area (Å²) < 4.78 is 12.8.